The Hall–Kier alpha value is -1.71. The summed E-state index contributed by atoms with van der Waals surface area (Å²) < 4.78 is 5.43. The molecule has 0 aromatic heterocycles. The molecule has 3 N–H and O–H groups in total. The topological polar surface area (TPSA) is 64.3 Å². The van der Waals surface area contributed by atoms with Gasteiger partial charge < -0.3 is 15.8 Å². The number of nitrogen functional groups attached to an aromatic ring is 1. The van der Waals surface area contributed by atoms with Crippen molar-refractivity contribution in [2.45, 2.75) is 39.7 Å². The molecule has 1 saturated carbocycles. The van der Waals surface area contributed by atoms with E-state index in [0.717, 1.165) is 6.42 Å². The zero-order valence-corrected chi connectivity index (χ0v) is 12.5. The number of nitrogens with one attached hydrogen (secondary N) is 1. The molecule has 0 spiro atoms. The Bertz CT molecular complexity index is 487. The number of ether oxygens (including phenoxy) is 1. The summed E-state index contributed by atoms with van der Waals surface area (Å²) in [6, 6.07) is 5.44. The van der Waals surface area contributed by atoms with Gasteiger partial charge in [0.05, 0.1) is 6.61 Å². The molecule has 20 heavy (non-hydrogen) atoms. The fourth-order valence-electron chi connectivity index (χ4n) is 2.82. The lowest BCUT2D eigenvalue weighted by atomic mass is 9.97. The molecule has 4 nitrogen and oxygen atoms in total. The molecular formula is C16H24N2O2. The fourth-order valence-corrected chi connectivity index (χ4v) is 2.82. The van der Waals surface area contributed by atoms with Crippen LogP contribution in [0.2, 0.25) is 0 Å². The molecule has 4 heteroatoms. The van der Waals surface area contributed by atoms with Gasteiger partial charge in [-0.05, 0) is 43.7 Å². The predicted molar refractivity (Wildman–Crippen MR) is 80.8 cm³/mol. The molecule has 0 heterocycles. The largest absolute Gasteiger partial charge is 0.494 e. The molecule has 1 aromatic carbocycles. The number of rotatable bonds is 4. The van der Waals surface area contributed by atoms with Gasteiger partial charge in [-0.2, -0.15) is 0 Å². The minimum Gasteiger partial charge on any atom is -0.494 e. The first-order chi connectivity index (χ1) is 9.51. The normalized spacial score (nSPS) is 25.4. The number of hydrogen-bond donors (Lipinski definition) is 2. The van der Waals surface area contributed by atoms with Crippen molar-refractivity contribution in [3.8, 4) is 5.75 Å². The minimum atomic E-state index is -0.0656. The molecule has 0 aliphatic heterocycles. The molecular weight excluding hydrogens is 252 g/mol. The molecule has 0 saturated heterocycles. The maximum atomic E-state index is 12.3. The fraction of sp³-hybridized carbons (Fsp3) is 0.562. The molecule has 3 unspecified atom stereocenters. The molecule has 110 valence electrons. The van der Waals surface area contributed by atoms with E-state index in [4.69, 9.17) is 10.5 Å². The van der Waals surface area contributed by atoms with Crippen LogP contribution in [0, 0.1) is 11.8 Å². The highest BCUT2D eigenvalue weighted by atomic mass is 16.5. The van der Waals surface area contributed by atoms with E-state index >= 15 is 0 Å². The van der Waals surface area contributed by atoms with Gasteiger partial charge in [0.25, 0.3) is 5.91 Å². The standard InChI is InChI=1S/C16H24N2O2/c1-4-20-14-8-12(7-13(17)9-14)16(19)18-15-6-5-10(2)11(15)3/h7-11,15H,4-6,17H2,1-3H3,(H,18,19). The summed E-state index contributed by atoms with van der Waals surface area (Å²) >= 11 is 0. The van der Waals surface area contributed by atoms with Gasteiger partial charge in [-0.15, -0.1) is 0 Å². The first kappa shape index (κ1) is 14.7. The first-order valence-electron chi connectivity index (χ1n) is 7.35. The van der Waals surface area contributed by atoms with Crippen LogP contribution in [0.3, 0.4) is 0 Å². The van der Waals surface area contributed by atoms with Crippen LogP contribution in [-0.4, -0.2) is 18.6 Å². The van der Waals surface area contributed by atoms with Crippen LogP contribution < -0.4 is 15.8 Å². The van der Waals surface area contributed by atoms with E-state index < -0.39 is 0 Å². The van der Waals surface area contributed by atoms with Crippen molar-refractivity contribution >= 4 is 11.6 Å². The van der Waals surface area contributed by atoms with Gasteiger partial charge in [-0.3, -0.25) is 4.79 Å². The Morgan fingerprint density at radius 1 is 1.35 bits per heavy atom. The second-order valence-corrected chi connectivity index (χ2v) is 5.72. The van der Waals surface area contributed by atoms with Gasteiger partial charge in [0.2, 0.25) is 0 Å². The maximum absolute atomic E-state index is 12.3. The Morgan fingerprint density at radius 2 is 2.10 bits per heavy atom. The number of hydrogen-bond acceptors (Lipinski definition) is 3. The summed E-state index contributed by atoms with van der Waals surface area (Å²) in [7, 11) is 0. The number of nitrogens with two attached hydrogens (primary N) is 1. The Morgan fingerprint density at radius 3 is 2.70 bits per heavy atom. The Labute approximate surface area is 120 Å². The molecule has 1 aromatic rings. The van der Waals surface area contributed by atoms with Crippen molar-refractivity contribution in [2.24, 2.45) is 11.8 Å². The second-order valence-electron chi connectivity index (χ2n) is 5.72. The van der Waals surface area contributed by atoms with Crippen LogP contribution in [-0.2, 0) is 0 Å². The van der Waals surface area contributed by atoms with E-state index in [1.807, 2.05) is 6.92 Å². The molecule has 1 aliphatic carbocycles. The van der Waals surface area contributed by atoms with Crippen LogP contribution in [0.1, 0.15) is 44.0 Å². The monoisotopic (exact) mass is 276 g/mol. The SMILES string of the molecule is CCOc1cc(N)cc(C(=O)NC2CCC(C)C2C)c1. The van der Waals surface area contributed by atoms with Crippen molar-refractivity contribution in [1.82, 2.24) is 5.32 Å². The van der Waals surface area contributed by atoms with Gasteiger partial charge in [0.1, 0.15) is 5.75 Å². The van der Waals surface area contributed by atoms with Crippen LogP contribution in [0.15, 0.2) is 18.2 Å². The third kappa shape index (κ3) is 3.24. The highest BCUT2D eigenvalue weighted by molar-refractivity contribution is 5.95. The third-order valence-electron chi connectivity index (χ3n) is 4.28. The summed E-state index contributed by atoms with van der Waals surface area (Å²) in [4.78, 5) is 12.3. The highest BCUT2D eigenvalue weighted by Gasteiger charge is 2.30. The average molecular weight is 276 g/mol. The van der Waals surface area contributed by atoms with E-state index in [1.165, 1.54) is 6.42 Å². The van der Waals surface area contributed by atoms with Crippen molar-refractivity contribution in [2.75, 3.05) is 12.3 Å². The van der Waals surface area contributed by atoms with Crippen molar-refractivity contribution in [1.29, 1.82) is 0 Å². The van der Waals surface area contributed by atoms with E-state index in [1.54, 1.807) is 18.2 Å². The van der Waals surface area contributed by atoms with Crippen LogP contribution >= 0.6 is 0 Å². The van der Waals surface area contributed by atoms with Gasteiger partial charge in [-0.25, -0.2) is 0 Å². The molecule has 1 amide bonds. The van der Waals surface area contributed by atoms with Crippen molar-refractivity contribution < 1.29 is 9.53 Å². The van der Waals surface area contributed by atoms with Gasteiger partial charge in [0, 0.05) is 23.4 Å². The number of carbonyl (C=O) groups excluding carboxylic acids is 1. The van der Waals surface area contributed by atoms with Crippen LogP contribution in [0.5, 0.6) is 5.75 Å². The Kier molecular flexibility index (Phi) is 4.53. The molecule has 1 fully saturated rings. The van der Waals surface area contributed by atoms with E-state index in [2.05, 4.69) is 19.2 Å². The molecule has 2 rings (SSSR count). The third-order valence-corrected chi connectivity index (χ3v) is 4.28. The summed E-state index contributed by atoms with van der Waals surface area (Å²) in [5.41, 5.74) is 6.94. The number of amides is 1. The average Bonchev–Trinajstić information content (AvgIpc) is 2.70. The quantitative estimate of drug-likeness (QED) is 0.831. The maximum Gasteiger partial charge on any atom is 0.251 e. The van der Waals surface area contributed by atoms with E-state index in [9.17, 15) is 4.79 Å². The summed E-state index contributed by atoms with van der Waals surface area (Å²) in [5, 5.41) is 3.12. The lowest BCUT2D eigenvalue weighted by molar-refractivity contribution is 0.0927. The van der Waals surface area contributed by atoms with Crippen LogP contribution in [0.25, 0.3) is 0 Å². The lowest BCUT2D eigenvalue weighted by Gasteiger charge is -2.20. The zero-order valence-electron chi connectivity index (χ0n) is 12.5. The molecule has 0 radical (unpaired) electrons. The predicted octanol–water partition coefficient (Wildman–Crippen LogP) is 2.83. The number of anilines is 1. The zero-order chi connectivity index (χ0) is 14.7. The van der Waals surface area contributed by atoms with Crippen LogP contribution in [0.4, 0.5) is 5.69 Å². The van der Waals surface area contributed by atoms with Gasteiger partial charge in [-0.1, -0.05) is 13.8 Å². The lowest BCUT2D eigenvalue weighted by Crippen LogP contribution is -2.37. The second kappa shape index (κ2) is 6.16. The van der Waals surface area contributed by atoms with Gasteiger partial charge in [0.15, 0.2) is 0 Å². The molecule has 3 atom stereocenters. The van der Waals surface area contributed by atoms with Crippen molar-refractivity contribution in [3.05, 3.63) is 23.8 Å². The molecule has 0 bridgehead atoms. The summed E-state index contributed by atoms with van der Waals surface area (Å²) in [6.07, 6.45) is 2.22. The van der Waals surface area contributed by atoms with Gasteiger partial charge >= 0.3 is 0 Å². The highest BCUT2D eigenvalue weighted by Crippen LogP contribution is 2.31. The summed E-state index contributed by atoms with van der Waals surface area (Å²) in [6.45, 7) is 6.91. The van der Waals surface area contributed by atoms with Crippen molar-refractivity contribution in [3.63, 3.8) is 0 Å². The summed E-state index contributed by atoms with van der Waals surface area (Å²) in [5.74, 6) is 1.76. The molecule has 1 aliphatic rings. The smallest absolute Gasteiger partial charge is 0.251 e. The number of carbonyl (C=O) groups is 1. The first-order valence-corrected chi connectivity index (χ1v) is 7.35. The van der Waals surface area contributed by atoms with E-state index in [-0.39, 0.29) is 11.9 Å². The Balaban J connectivity index is 2.09. The van der Waals surface area contributed by atoms with E-state index in [0.29, 0.717) is 35.4 Å². The number of benzene rings is 1. The minimum absolute atomic E-state index is 0.0656.